The zero-order valence-electron chi connectivity index (χ0n) is 18.7. The Morgan fingerprint density at radius 3 is 2.69 bits per heavy atom. The lowest BCUT2D eigenvalue weighted by Gasteiger charge is -2.32. The normalized spacial score (nSPS) is 15.8. The number of hydrogen-bond acceptors (Lipinski definition) is 4. The van der Waals surface area contributed by atoms with Gasteiger partial charge in [0.15, 0.2) is 0 Å². The Balaban J connectivity index is 1.51. The topological polar surface area (TPSA) is 69.4 Å². The summed E-state index contributed by atoms with van der Waals surface area (Å²) in [6.07, 6.45) is 6.28. The number of amides is 1. The van der Waals surface area contributed by atoms with E-state index in [1.54, 1.807) is 68.9 Å². The number of pyridine rings is 1. The van der Waals surface area contributed by atoms with Crippen LogP contribution < -0.4 is 10.4 Å². The van der Waals surface area contributed by atoms with Crippen molar-refractivity contribution in [1.82, 2.24) is 19.0 Å². The molecule has 0 saturated carbocycles. The lowest BCUT2D eigenvalue weighted by atomic mass is 10.1. The van der Waals surface area contributed by atoms with Crippen molar-refractivity contribution in [3.05, 3.63) is 94.1 Å². The molecule has 0 radical (unpaired) electrons. The van der Waals surface area contributed by atoms with Crippen molar-refractivity contribution in [2.75, 3.05) is 13.1 Å². The van der Waals surface area contributed by atoms with Crippen LogP contribution in [-0.4, -0.2) is 38.0 Å². The van der Waals surface area contributed by atoms with Crippen LogP contribution >= 0.6 is 23.2 Å². The van der Waals surface area contributed by atoms with E-state index in [4.69, 9.17) is 27.9 Å². The summed E-state index contributed by atoms with van der Waals surface area (Å²) < 4.78 is 9.28. The summed E-state index contributed by atoms with van der Waals surface area (Å²) in [5.74, 6) is 0.878. The molecule has 1 aliphatic heterocycles. The number of rotatable bonds is 5. The minimum Gasteiger partial charge on any atom is -0.456 e. The average Bonchev–Trinajstić information content (AvgIpc) is 3.18. The van der Waals surface area contributed by atoms with Gasteiger partial charge < -0.3 is 9.64 Å². The number of ether oxygens (including phenoxy) is 1. The molecule has 4 aromatic rings. The van der Waals surface area contributed by atoms with Crippen molar-refractivity contribution in [2.24, 2.45) is 0 Å². The molecular formula is C26H22Cl2N4O3. The Kier molecular flexibility index (Phi) is 6.36. The third-order valence-electron chi connectivity index (χ3n) is 6.16. The first kappa shape index (κ1) is 23.2. The highest BCUT2D eigenvalue weighted by Gasteiger charge is 2.27. The molecule has 178 valence electrons. The summed E-state index contributed by atoms with van der Waals surface area (Å²) in [5, 5.41) is 0.740. The molecule has 3 heterocycles. The number of likely N-dealkylation sites (tertiary alicyclic amines) is 1. The highest BCUT2D eigenvalue weighted by atomic mass is 35.5. The smallest absolute Gasteiger partial charge is 0.334 e. The molecule has 2 aromatic heterocycles. The highest BCUT2D eigenvalue weighted by Crippen LogP contribution is 2.35. The van der Waals surface area contributed by atoms with Gasteiger partial charge in [0.05, 0.1) is 34.0 Å². The standard InChI is InChI=1S/C26H22Cl2N4O3/c1-2-24(33)30-14-4-5-18(16-30)32-21-12-13-29-15-22(21)31(26(32)34)17-8-10-19(11-9-17)35-23-7-3-6-20(27)25(23)28/h2-3,6-13,15,18H,1,4-5,14,16H2/t18-/m1/s1. The number of fused-ring (bicyclic) bond motifs is 1. The van der Waals surface area contributed by atoms with Crippen molar-refractivity contribution in [3.63, 3.8) is 0 Å². The van der Waals surface area contributed by atoms with Crippen molar-refractivity contribution < 1.29 is 9.53 Å². The molecule has 0 spiro atoms. The number of aromatic nitrogens is 3. The summed E-state index contributed by atoms with van der Waals surface area (Å²) >= 11 is 12.3. The van der Waals surface area contributed by atoms with Gasteiger partial charge in [-0.3, -0.25) is 18.9 Å². The Morgan fingerprint density at radius 1 is 1.11 bits per heavy atom. The highest BCUT2D eigenvalue weighted by molar-refractivity contribution is 6.42. The van der Waals surface area contributed by atoms with Crippen LogP contribution in [0.25, 0.3) is 16.7 Å². The van der Waals surface area contributed by atoms with E-state index in [9.17, 15) is 9.59 Å². The Hall–Kier alpha value is -3.55. The fraction of sp³-hybridized carbons (Fsp3) is 0.192. The first-order valence-corrected chi connectivity index (χ1v) is 11.9. The van der Waals surface area contributed by atoms with Gasteiger partial charge in [0.25, 0.3) is 0 Å². The lowest BCUT2D eigenvalue weighted by Crippen LogP contribution is -2.42. The quantitative estimate of drug-likeness (QED) is 0.327. The van der Waals surface area contributed by atoms with Crippen molar-refractivity contribution in [2.45, 2.75) is 18.9 Å². The van der Waals surface area contributed by atoms with Gasteiger partial charge >= 0.3 is 5.69 Å². The summed E-state index contributed by atoms with van der Waals surface area (Å²) in [4.78, 5) is 31.9. The van der Waals surface area contributed by atoms with Gasteiger partial charge in [0, 0.05) is 19.3 Å². The Labute approximate surface area is 211 Å². The van der Waals surface area contributed by atoms with Gasteiger partial charge in [-0.15, -0.1) is 0 Å². The molecule has 1 fully saturated rings. The summed E-state index contributed by atoms with van der Waals surface area (Å²) in [6, 6.07) is 14.0. The van der Waals surface area contributed by atoms with Crippen molar-refractivity contribution in [1.29, 1.82) is 0 Å². The number of hydrogen-bond donors (Lipinski definition) is 0. The molecule has 1 atom stereocenters. The molecule has 9 heteroatoms. The minimum absolute atomic E-state index is 0.122. The van der Waals surface area contributed by atoms with E-state index < -0.39 is 0 Å². The molecule has 5 rings (SSSR count). The van der Waals surface area contributed by atoms with Gasteiger partial charge in [-0.05, 0) is 61.4 Å². The van der Waals surface area contributed by atoms with E-state index in [-0.39, 0.29) is 17.6 Å². The van der Waals surface area contributed by atoms with Crippen LogP contribution in [0.2, 0.25) is 10.0 Å². The molecule has 1 amide bonds. The van der Waals surface area contributed by atoms with Crippen molar-refractivity contribution >= 4 is 40.1 Å². The predicted molar refractivity (Wildman–Crippen MR) is 137 cm³/mol. The monoisotopic (exact) mass is 508 g/mol. The molecule has 0 aliphatic carbocycles. The van der Waals surface area contributed by atoms with E-state index in [0.29, 0.717) is 45.8 Å². The number of piperidine rings is 1. The van der Waals surface area contributed by atoms with Crippen LogP contribution in [0.15, 0.2) is 78.4 Å². The molecule has 1 aliphatic rings. The summed E-state index contributed by atoms with van der Waals surface area (Å²) in [6.45, 7) is 4.71. The van der Waals surface area contributed by atoms with Crippen LogP contribution in [0.1, 0.15) is 18.9 Å². The van der Waals surface area contributed by atoms with Crippen LogP contribution in [0.3, 0.4) is 0 Å². The number of carbonyl (C=O) groups is 1. The Bertz CT molecular complexity index is 1480. The maximum absolute atomic E-state index is 13.7. The molecular weight excluding hydrogens is 487 g/mol. The molecule has 0 unspecified atom stereocenters. The molecule has 35 heavy (non-hydrogen) atoms. The molecule has 7 nitrogen and oxygen atoms in total. The largest absolute Gasteiger partial charge is 0.456 e. The lowest BCUT2D eigenvalue weighted by molar-refractivity contribution is -0.127. The number of halogens is 2. The SMILES string of the molecule is C=CC(=O)N1CCC[C@@H](n2c(=O)n(-c3ccc(Oc4cccc(Cl)c4Cl)cc3)c3cnccc32)C1. The van der Waals surface area contributed by atoms with E-state index in [2.05, 4.69) is 11.6 Å². The van der Waals surface area contributed by atoms with Crippen LogP contribution in [-0.2, 0) is 4.79 Å². The minimum atomic E-state index is -0.183. The number of imidazole rings is 1. The zero-order chi connectivity index (χ0) is 24.5. The molecule has 1 saturated heterocycles. The van der Waals surface area contributed by atoms with E-state index in [0.717, 1.165) is 18.4 Å². The van der Waals surface area contributed by atoms with Crippen molar-refractivity contribution in [3.8, 4) is 17.2 Å². The van der Waals surface area contributed by atoms with E-state index >= 15 is 0 Å². The van der Waals surface area contributed by atoms with Gasteiger partial charge in [-0.2, -0.15) is 0 Å². The Morgan fingerprint density at radius 2 is 1.91 bits per heavy atom. The number of nitrogens with zero attached hydrogens (tertiary/aromatic N) is 4. The second kappa shape index (κ2) is 9.60. The van der Waals surface area contributed by atoms with Crippen LogP contribution in [0.4, 0.5) is 0 Å². The predicted octanol–water partition coefficient (Wildman–Crippen LogP) is 5.64. The van der Waals surface area contributed by atoms with Gasteiger partial charge in [0.1, 0.15) is 16.5 Å². The fourth-order valence-corrected chi connectivity index (χ4v) is 4.85. The summed E-state index contributed by atoms with van der Waals surface area (Å²) in [7, 11) is 0. The maximum atomic E-state index is 13.7. The first-order chi connectivity index (χ1) is 17.0. The molecule has 0 bridgehead atoms. The number of carbonyl (C=O) groups excluding carboxylic acids is 1. The third-order valence-corrected chi connectivity index (χ3v) is 6.96. The molecule has 0 N–H and O–H groups in total. The van der Waals surface area contributed by atoms with Crippen LogP contribution in [0, 0.1) is 0 Å². The van der Waals surface area contributed by atoms with Gasteiger partial charge in [0.2, 0.25) is 5.91 Å². The fourth-order valence-electron chi connectivity index (χ4n) is 4.52. The van der Waals surface area contributed by atoms with E-state index in [1.165, 1.54) is 6.08 Å². The third kappa shape index (κ3) is 4.33. The second-order valence-electron chi connectivity index (χ2n) is 8.28. The maximum Gasteiger partial charge on any atom is 0.334 e. The van der Waals surface area contributed by atoms with Crippen LogP contribution in [0.5, 0.6) is 11.5 Å². The average molecular weight is 509 g/mol. The summed E-state index contributed by atoms with van der Waals surface area (Å²) in [5.41, 5.74) is 1.95. The molecule has 2 aromatic carbocycles. The van der Waals surface area contributed by atoms with Gasteiger partial charge in [-0.1, -0.05) is 35.8 Å². The number of benzene rings is 2. The first-order valence-electron chi connectivity index (χ1n) is 11.2. The van der Waals surface area contributed by atoms with E-state index in [1.807, 2.05) is 6.07 Å². The van der Waals surface area contributed by atoms with Gasteiger partial charge in [-0.25, -0.2) is 4.79 Å². The second-order valence-corrected chi connectivity index (χ2v) is 9.07. The zero-order valence-corrected chi connectivity index (χ0v) is 20.2.